The first-order chi connectivity index (χ1) is 8.18. The molecule has 2 unspecified atom stereocenters. The minimum atomic E-state index is 0.104. The number of carbonyl (C=O) groups excluding carboxylic acids is 1. The van der Waals surface area contributed by atoms with E-state index >= 15 is 0 Å². The summed E-state index contributed by atoms with van der Waals surface area (Å²) in [7, 11) is 0. The Hall–Kier alpha value is -1.42. The lowest BCUT2D eigenvalue weighted by molar-refractivity contribution is -0.125. The zero-order valence-corrected chi connectivity index (χ0v) is 10.4. The molecule has 2 heterocycles. The smallest absolute Gasteiger partial charge is 0.224 e. The minimum Gasteiger partial charge on any atom is -0.352 e. The molecule has 2 atom stereocenters. The first-order valence-electron chi connectivity index (χ1n) is 6.06. The normalized spacial score (nSPS) is 23.6. The summed E-state index contributed by atoms with van der Waals surface area (Å²) in [6.07, 6.45) is 3.58. The van der Waals surface area contributed by atoms with E-state index in [2.05, 4.69) is 22.5 Å². The van der Waals surface area contributed by atoms with Crippen LogP contribution in [-0.4, -0.2) is 24.0 Å². The molecule has 0 bridgehead atoms. The van der Waals surface area contributed by atoms with Gasteiger partial charge in [0.1, 0.15) is 0 Å². The Morgan fingerprint density at radius 1 is 1.59 bits per heavy atom. The van der Waals surface area contributed by atoms with Crippen molar-refractivity contribution in [1.82, 2.24) is 15.6 Å². The van der Waals surface area contributed by atoms with Gasteiger partial charge in [-0.1, -0.05) is 6.92 Å². The number of rotatable bonds is 3. The number of nitrogens with zero attached hydrogens (tertiary/aromatic N) is 1. The van der Waals surface area contributed by atoms with Crippen LogP contribution in [0.25, 0.3) is 0 Å². The van der Waals surface area contributed by atoms with E-state index in [4.69, 9.17) is 0 Å². The van der Waals surface area contributed by atoms with Crippen molar-refractivity contribution < 1.29 is 4.79 Å². The highest BCUT2D eigenvalue weighted by molar-refractivity contribution is 5.79. The molecule has 2 rings (SSSR count). The third kappa shape index (κ3) is 2.82. The molecule has 1 amide bonds. The molecule has 92 valence electrons. The molecule has 0 radical (unpaired) electrons. The van der Waals surface area contributed by atoms with Crippen LogP contribution in [0.15, 0.2) is 18.5 Å². The van der Waals surface area contributed by atoms with Crippen molar-refractivity contribution >= 4 is 5.91 Å². The van der Waals surface area contributed by atoms with Gasteiger partial charge in [-0.3, -0.25) is 9.78 Å². The molecule has 4 nitrogen and oxygen atoms in total. The van der Waals surface area contributed by atoms with Crippen LogP contribution in [0.3, 0.4) is 0 Å². The molecule has 17 heavy (non-hydrogen) atoms. The lowest BCUT2D eigenvalue weighted by atomic mass is 9.97. The second-order valence-corrected chi connectivity index (χ2v) is 4.76. The molecule has 0 spiro atoms. The summed E-state index contributed by atoms with van der Waals surface area (Å²) < 4.78 is 0. The quantitative estimate of drug-likeness (QED) is 0.814. The Labute approximate surface area is 102 Å². The van der Waals surface area contributed by atoms with Gasteiger partial charge in [-0.25, -0.2) is 0 Å². The summed E-state index contributed by atoms with van der Waals surface area (Å²) in [5, 5.41) is 6.23. The van der Waals surface area contributed by atoms with Gasteiger partial charge in [0.15, 0.2) is 0 Å². The largest absolute Gasteiger partial charge is 0.352 e. The van der Waals surface area contributed by atoms with Crippen molar-refractivity contribution in [2.75, 3.05) is 13.1 Å². The van der Waals surface area contributed by atoms with E-state index in [1.807, 2.05) is 19.2 Å². The predicted octanol–water partition coefficient (Wildman–Crippen LogP) is 0.862. The van der Waals surface area contributed by atoms with Gasteiger partial charge >= 0.3 is 0 Å². The first-order valence-corrected chi connectivity index (χ1v) is 6.06. The molecule has 0 aromatic carbocycles. The topological polar surface area (TPSA) is 54.0 Å². The van der Waals surface area contributed by atoms with Crippen molar-refractivity contribution in [2.24, 2.45) is 11.8 Å². The molecule has 1 saturated heterocycles. The fourth-order valence-corrected chi connectivity index (χ4v) is 2.16. The Morgan fingerprint density at radius 2 is 2.41 bits per heavy atom. The Kier molecular flexibility index (Phi) is 3.74. The van der Waals surface area contributed by atoms with Crippen LogP contribution < -0.4 is 10.6 Å². The van der Waals surface area contributed by atoms with Crippen LogP contribution in [0.5, 0.6) is 0 Å². The SMILES string of the molecule is Cc1ccncc1CNC(=O)C1CNCC1C. The molecule has 4 heteroatoms. The van der Waals surface area contributed by atoms with Crippen LogP contribution >= 0.6 is 0 Å². The second kappa shape index (κ2) is 5.27. The number of hydrogen-bond acceptors (Lipinski definition) is 3. The fourth-order valence-electron chi connectivity index (χ4n) is 2.16. The van der Waals surface area contributed by atoms with Gasteiger partial charge < -0.3 is 10.6 Å². The Bertz CT molecular complexity index is 405. The molecule has 1 fully saturated rings. The number of aryl methyl sites for hydroxylation is 1. The second-order valence-electron chi connectivity index (χ2n) is 4.76. The maximum atomic E-state index is 12.0. The van der Waals surface area contributed by atoms with Crippen molar-refractivity contribution in [3.63, 3.8) is 0 Å². The average molecular weight is 233 g/mol. The van der Waals surface area contributed by atoms with E-state index in [1.54, 1.807) is 6.20 Å². The monoisotopic (exact) mass is 233 g/mol. The van der Waals surface area contributed by atoms with E-state index in [1.165, 1.54) is 0 Å². The standard InChI is InChI=1S/C13H19N3O/c1-9-3-4-14-6-11(9)7-16-13(17)12-8-15-5-10(12)2/h3-4,6,10,12,15H,5,7-8H2,1-2H3,(H,16,17). The Morgan fingerprint density at radius 3 is 3.06 bits per heavy atom. The van der Waals surface area contributed by atoms with E-state index in [0.29, 0.717) is 12.5 Å². The van der Waals surface area contributed by atoms with Crippen LogP contribution in [0.1, 0.15) is 18.1 Å². The van der Waals surface area contributed by atoms with Gasteiger partial charge in [0.25, 0.3) is 0 Å². The number of hydrogen-bond donors (Lipinski definition) is 2. The van der Waals surface area contributed by atoms with Gasteiger partial charge in [-0.15, -0.1) is 0 Å². The molecule has 1 aliphatic heterocycles. The number of amides is 1. The lowest BCUT2D eigenvalue weighted by Crippen LogP contribution is -2.34. The average Bonchev–Trinajstić information content (AvgIpc) is 2.74. The molecule has 2 N–H and O–H groups in total. The van der Waals surface area contributed by atoms with Gasteiger partial charge in [-0.05, 0) is 36.6 Å². The third-order valence-electron chi connectivity index (χ3n) is 3.45. The summed E-state index contributed by atoms with van der Waals surface area (Å²) in [5.74, 6) is 0.669. The highest BCUT2D eigenvalue weighted by Gasteiger charge is 2.29. The summed E-state index contributed by atoms with van der Waals surface area (Å²) in [6.45, 7) is 6.44. The van der Waals surface area contributed by atoms with E-state index < -0.39 is 0 Å². The van der Waals surface area contributed by atoms with E-state index in [9.17, 15) is 4.79 Å². The van der Waals surface area contributed by atoms with Gasteiger partial charge in [0, 0.05) is 25.5 Å². The van der Waals surface area contributed by atoms with Gasteiger partial charge in [-0.2, -0.15) is 0 Å². The van der Waals surface area contributed by atoms with Crippen LogP contribution in [0.4, 0.5) is 0 Å². The molecule has 0 saturated carbocycles. The van der Waals surface area contributed by atoms with Crippen LogP contribution in [0.2, 0.25) is 0 Å². The predicted molar refractivity (Wildman–Crippen MR) is 66.3 cm³/mol. The minimum absolute atomic E-state index is 0.104. The van der Waals surface area contributed by atoms with Crippen molar-refractivity contribution in [3.05, 3.63) is 29.6 Å². The summed E-state index contributed by atoms with van der Waals surface area (Å²) in [6, 6.07) is 1.96. The van der Waals surface area contributed by atoms with Crippen molar-refractivity contribution in [2.45, 2.75) is 20.4 Å². The van der Waals surface area contributed by atoms with Crippen molar-refractivity contribution in [3.8, 4) is 0 Å². The zero-order valence-electron chi connectivity index (χ0n) is 10.4. The lowest BCUT2D eigenvalue weighted by Gasteiger charge is -2.14. The maximum Gasteiger partial charge on any atom is 0.224 e. The first kappa shape index (κ1) is 12.0. The molecule has 0 aliphatic carbocycles. The zero-order chi connectivity index (χ0) is 12.3. The number of carbonyl (C=O) groups is 1. The van der Waals surface area contributed by atoms with Crippen molar-refractivity contribution in [1.29, 1.82) is 0 Å². The number of aromatic nitrogens is 1. The van der Waals surface area contributed by atoms with Gasteiger partial charge in [0.2, 0.25) is 5.91 Å². The summed E-state index contributed by atoms with van der Waals surface area (Å²) in [4.78, 5) is 16.0. The van der Waals surface area contributed by atoms with Crippen LogP contribution in [-0.2, 0) is 11.3 Å². The molecular weight excluding hydrogens is 214 g/mol. The highest BCUT2D eigenvalue weighted by Crippen LogP contribution is 2.16. The molecule has 1 aromatic heterocycles. The van der Waals surface area contributed by atoms with E-state index in [-0.39, 0.29) is 11.8 Å². The van der Waals surface area contributed by atoms with Crippen LogP contribution in [0, 0.1) is 18.8 Å². The summed E-state index contributed by atoms with van der Waals surface area (Å²) in [5.41, 5.74) is 2.25. The number of nitrogens with one attached hydrogen (secondary N) is 2. The third-order valence-corrected chi connectivity index (χ3v) is 3.45. The fraction of sp³-hybridized carbons (Fsp3) is 0.538. The Balaban J connectivity index is 1.90. The molecular formula is C13H19N3O. The van der Waals surface area contributed by atoms with E-state index in [0.717, 1.165) is 24.2 Å². The maximum absolute atomic E-state index is 12.0. The molecule has 1 aromatic rings. The number of pyridine rings is 1. The highest BCUT2D eigenvalue weighted by atomic mass is 16.1. The molecule has 1 aliphatic rings. The van der Waals surface area contributed by atoms with Gasteiger partial charge in [0.05, 0.1) is 5.92 Å². The summed E-state index contributed by atoms with van der Waals surface area (Å²) >= 11 is 0.